The highest BCUT2D eigenvalue weighted by Crippen LogP contribution is 2.22. The summed E-state index contributed by atoms with van der Waals surface area (Å²) in [4.78, 5) is 26.2. The van der Waals surface area contributed by atoms with Gasteiger partial charge in [0.25, 0.3) is 5.91 Å². The van der Waals surface area contributed by atoms with Gasteiger partial charge in [-0.1, -0.05) is 55.5 Å². The average Bonchev–Trinajstić information content (AvgIpc) is 2.98. The molecule has 4 aromatic rings. The Morgan fingerprint density at radius 1 is 0.744 bits per heavy atom. The number of carbonyl (C=O) groups is 2. The second-order valence-corrected chi connectivity index (χ2v) is 8.83. The molecule has 2 amide bonds. The number of anilines is 1. The van der Waals surface area contributed by atoms with Gasteiger partial charge in [-0.2, -0.15) is 0 Å². The van der Waals surface area contributed by atoms with Gasteiger partial charge < -0.3 is 24.8 Å². The van der Waals surface area contributed by atoms with Crippen LogP contribution in [0.25, 0.3) is 0 Å². The predicted octanol–water partition coefficient (Wildman–Crippen LogP) is 6.22. The molecule has 4 aromatic carbocycles. The Morgan fingerprint density at radius 3 is 2.03 bits per heavy atom. The Morgan fingerprint density at radius 2 is 1.36 bits per heavy atom. The Bertz CT molecular complexity index is 1310. The molecule has 0 aliphatic carbocycles. The van der Waals surface area contributed by atoms with Crippen LogP contribution in [0.4, 0.5) is 5.69 Å². The molecule has 7 nitrogen and oxygen atoms in total. The van der Waals surface area contributed by atoms with E-state index >= 15 is 0 Å². The summed E-state index contributed by atoms with van der Waals surface area (Å²) >= 11 is 0. The molecule has 0 saturated heterocycles. The minimum atomic E-state index is -0.919. The number of hydrogen-bond acceptors (Lipinski definition) is 5. The molecule has 1 atom stereocenters. The smallest absolute Gasteiger partial charge is 0.252 e. The lowest BCUT2D eigenvalue weighted by atomic mass is 10.1. The Kier molecular flexibility index (Phi) is 10.1. The first-order valence-electron chi connectivity index (χ1n) is 12.9. The van der Waals surface area contributed by atoms with Gasteiger partial charge >= 0.3 is 0 Å². The lowest BCUT2D eigenvalue weighted by Crippen LogP contribution is -2.46. The molecule has 0 bridgehead atoms. The number of carbonyl (C=O) groups excluding carboxylic acids is 2. The third kappa shape index (κ3) is 8.72. The van der Waals surface area contributed by atoms with Crippen molar-refractivity contribution >= 4 is 17.5 Å². The van der Waals surface area contributed by atoms with Crippen LogP contribution in [-0.4, -0.2) is 31.1 Å². The van der Waals surface area contributed by atoms with Gasteiger partial charge in [0.15, 0.2) is 0 Å². The van der Waals surface area contributed by atoms with Crippen molar-refractivity contribution in [3.05, 3.63) is 120 Å². The van der Waals surface area contributed by atoms with Crippen molar-refractivity contribution in [3.63, 3.8) is 0 Å². The minimum Gasteiger partial charge on any atom is -0.494 e. The van der Waals surface area contributed by atoms with Gasteiger partial charge in [-0.05, 0) is 72.6 Å². The largest absolute Gasteiger partial charge is 0.494 e. The van der Waals surface area contributed by atoms with Crippen molar-refractivity contribution in [2.75, 3.05) is 18.5 Å². The number of rotatable bonds is 13. The van der Waals surface area contributed by atoms with E-state index in [1.807, 2.05) is 67.6 Å². The van der Waals surface area contributed by atoms with Gasteiger partial charge in [-0.3, -0.25) is 9.59 Å². The number of nitrogens with one attached hydrogen (secondary N) is 2. The van der Waals surface area contributed by atoms with Crippen molar-refractivity contribution in [1.29, 1.82) is 0 Å². The van der Waals surface area contributed by atoms with E-state index in [1.54, 1.807) is 48.5 Å². The highest BCUT2D eigenvalue weighted by molar-refractivity contribution is 6.01. The van der Waals surface area contributed by atoms with Crippen LogP contribution >= 0.6 is 0 Å². The zero-order valence-corrected chi connectivity index (χ0v) is 21.8. The second kappa shape index (κ2) is 14.4. The van der Waals surface area contributed by atoms with Crippen LogP contribution in [0.3, 0.4) is 0 Å². The molecule has 0 heterocycles. The molecule has 200 valence electrons. The maximum absolute atomic E-state index is 13.2. The molecule has 39 heavy (non-hydrogen) atoms. The molecule has 2 N–H and O–H groups in total. The highest BCUT2D eigenvalue weighted by Gasteiger charge is 2.22. The molecule has 0 fully saturated rings. The van der Waals surface area contributed by atoms with E-state index in [4.69, 9.17) is 14.2 Å². The summed E-state index contributed by atoms with van der Waals surface area (Å²) in [5.41, 5.74) is 1.96. The molecule has 1 unspecified atom stereocenters. The normalized spacial score (nSPS) is 11.3. The predicted molar refractivity (Wildman–Crippen MR) is 151 cm³/mol. The number of benzene rings is 4. The quantitative estimate of drug-likeness (QED) is 0.217. The van der Waals surface area contributed by atoms with Crippen LogP contribution in [0.15, 0.2) is 109 Å². The number of hydrogen-bond donors (Lipinski definition) is 2. The SMILES string of the molecule is CCCOc1ccc(C(=O)NC(COCc2ccccc2)C(=O)Nc2ccc(Oc3ccccc3)cc2)cc1. The van der Waals surface area contributed by atoms with E-state index in [9.17, 15) is 9.59 Å². The van der Waals surface area contributed by atoms with Crippen molar-refractivity contribution in [3.8, 4) is 17.2 Å². The Hall–Kier alpha value is -4.62. The lowest BCUT2D eigenvalue weighted by Gasteiger charge is -2.19. The van der Waals surface area contributed by atoms with Gasteiger partial charge in [-0.15, -0.1) is 0 Å². The third-order valence-corrected chi connectivity index (χ3v) is 5.71. The van der Waals surface area contributed by atoms with Crippen LogP contribution in [0, 0.1) is 0 Å². The summed E-state index contributed by atoms with van der Waals surface area (Å²) in [6.45, 7) is 2.94. The van der Waals surface area contributed by atoms with Crippen molar-refractivity contribution in [2.45, 2.75) is 26.0 Å². The maximum atomic E-state index is 13.2. The Balaban J connectivity index is 1.40. The van der Waals surface area contributed by atoms with Crippen molar-refractivity contribution in [1.82, 2.24) is 5.32 Å². The minimum absolute atomic E-state index is 0.000631. The average molecular weight is 525 g/mol. The van der Waals surface area contributed by atoms with Gasteiger partial charge in [-0.25, -0.2) is 0 Å². The summed E-state index contributed by atoms with van der Waals surface area (Å²) in [6, 6.07) is 32.0. The van der Waals surface area contributed by atoms with Gasteiger partial charge in [0.2, 0.25) is 5.91 Å². The first kappa shape index (κ1) is 27.4. The molecule has 0 aliphatic heterocycles. The molecule has 4 rings (SSSR count). The van der Waals surface area contributed by atoms with E-state index in [0.29, 0.717) is 36.0 Å². The van der Waals surface area contributed by atoms with Gasteiger partial charge in [0.05, 0.1) is 19.8 Å². The molecule has 0 aromatic heterocycles. The monoisotopic (exact) mass is 524 g/mol. The molecule has 0 radical (unpaired) electrons. The lowest BCUT2D eigenvalue weighted by molar-refractivity contribution is -0.119. The molecule has 0 aliphatic rings. The molecular formula is C32H32N2O5. The van der Waals surface area contributed by atoms with E-state index in [1.165, 1.54) is 0 Å². The van der Waals surface area contributed by atoms with Crippen LogP contribution in [-0.2, 0) is 16.1 Å². The topological polar surface area (TPSA) is 85.9 Å². The Labute approximate surface area is 228 Å². The van der Waals surface area contributed by atoms with E-state index in [2.05, 4.69) is 10.6 Å². The van der Waals surface area contributed by atoms with Gasteiger partial charge in [0.1, 0.15) is 23.3 Å². The van der Waals surface area contributed by atoms with Crippen LogP contribution in [0.5, 0.6) is 17.2 Å². The highest BCUT2D eigenvalue weighted by atomic mass is 16.5. The molecule has 0 saturated carbocycles. The van der Waals surface area contributed by atoms with Crippen LogP contribution in [0.1, 0.15) is 29.3 Å². The molecule has 0 spiro atoms. The summed E-state index contributed by atoms with van der Waals surface area (Å²) in [5, 5.41) is 5.67. The van der Waals surface area contributed by atoms with Crippen LogP contribution in [0.2, 0.25) is 0 Å². The summed E-state index contributed by atoms with van der Waals surface area (Å²) < 4.78 is 17.2. The first-order chi connectivity index (χ1) is 19.1. The van der Waals surface area contributed by atoms with Crippen molar-refractivity contribution in [2.24, 2.45) is 0 Å². The summed E-state index contributed by atoms with van der Waals surface area (Å²) in [7, 11) is 0. The number of amides is 2. The standard InChI is InChI=1S/C32H32N2O5/c1-2-21-38-27-17-13-25(14-18-27)31(35)34-30(23-37-22-24-9-5-3-6-10-24)32(36)33-26-15-19-29(20-16-26)39-28-11-7-4-8-12-28/h3-20,30H,2,21-23H2,1H3,(H,33,36)(H,34,35). The van der Waals surface area contributed by atoms with Crippen molar-refractivity contribution < 1.29 is 23.8 Å². The molecule has 7 heteroatoms. The van der Waals surface area contributed by atoms with E-state index < -0.39 is 11.9 Å². The van der Waals surface area contributed by atoms with Gasteiger partial charge in [0, 0.05) is 11.3 Å². The maximum Gasteiger partial charge on any atom is 0.252 e. The van der Waals surface area contributed by atoms with E-state index in [0.717, 1.165) is 17.7 Å². The third-order valence-electron chi connectivity index (χ3n) is 5.71. The van der Waals surface area contributed by atoms with E-state index in [-0.39, 0.29) is 12.5 Å². The summed E-state index contributed by atoms with van der Waals surface area (Å²) in [5.74, 6) is 1.27. The fraction of sp³-hybridized carbons (Fsp3) is 0.188. The second-order valence-electron chi connectivity index (χ2n) is 8.83. The fourth-order valence-electron chi connectivity index (χ4n) is 3.68. The molecular weight excluding hydrogens is 492 g/mol. The number of ether oxygens (including phenoxy) is 3. The summed E-state index contributed by atoms with van der Waals surface area (Å²) in [6.07, 6.45) is 0.894. The first-order valence-corrected chi connectivity index (χ1v) is 12.9. The zero-order chi connectivity index (χ0) is 27.3. The number of para-hydroxylation sites is 1. The zero-order valence-electron chi connectivity index (χ0n) is 21.8. The fourth-order valence-corrected chi connectivity index (χ4v) is 3.68. The van der Waals surface area contributed by atoms with Crippen LogP contribution < -0.4 is 20.1 Å².